The van der Waals surface area contributed by atoms with Crippen molar-refractivity contribution >= 4 is 11.9 Å². The summed E-state index contributed by atoms with van der Waals surface area (Å²) < 4.78 is 5.45. The van der Waals surface area contributed by atoms with Gasteiger partial charge >= 0.3 is 5.97 Å². The first-order valence-corrected chi connectivity index (χ1v) is 25.1. The molecule has 0 spiro atoms. The molecule has 2 unspecified atom stereocenters. The maximum atomic E-state index is 12.4. The Bertz CT molecular complexity index is 889. The lowest BCUT2D eigenvalue weighted by Gasteiger charge is -2.22. The van der Waals surface area contributed by atoms with Crippen molar-refractivity contribution in [3.05, 3.63) is 24.3 Å². The molecule has 0 heterocycles. The van der Waals surface area contributed by atoms with E-state index in [9.17, 15) is 19.8 Å². The molecular weight excluding hydrogens is 707 g/mol. The summed E-state index contributed by atoms with van der Waals surface area (Å²) >= 11 is 0. The Morgan fingerprint density at radius 2 is 0.825 bits per heavy atom. The molecule has 0 aliphatic rings. The van der Waals surface area contributed by atoms with E-state index in [-0.39, 0.29) is 18.5 Å². The van der Waals surface area contributed by atoms with Crippen LogP contribution in [0.1, 0.15) is 264 Å². The number of esters is 1. The number of allylic oxidation sites excluding steroid dienone is 4. The minimum atomic E-state index is -0.678. The molecule has 1 amide bonds. The van der Waals surface area contributed by atoms with Gasteiger partial charge in [0.15, 0.2) is 0 Å². The lowest BCUT2D eigenvalue weighted by molar-refractivity contribution is -0.143. The second-order valence-corrected chi connectivity index (χ2v) is 17.1. The zero-order valence-corrected chi connectivity index (χ0v) is 38.1. The van der Waals surface area contributed by atoms with Gasteiger partial charge in [0.1, 0.15) is 0 Å². The molecule has 6 nitrogen and oxygen atoms in total. The summed E-state index contributed by atoms with van der Waals surface area (Å²) in [4.78, 5) is 24.4. The van der Waals surface area contributed by atoms with Gasteiger partial charge in [-0.1, -0.05) is 192 Å². The van der Waals surface area contributed by atoms with Gasteiger partial charge in [-0.25, -0.2) is 0 Å². The van der Waals surface area contributed by atoms with E-state index in [0.717, 1.165) is 77.0 Å². The molecule has 0 saturated carbocycles. The molecule has 0 rings (SSSR count). The number of carbonyl (C=O) groups is 2. The number of nitrogens with one attached hydrogen (secondary N) is 1. The molecule has 0 radical (unpaired) electrons. The molecule has 0 aromatic rings. The number of hydrogen-bond acceptors (Lipinski definition) is 5. The van der Waals surface area contributed by atoms with Crippen LogP contribution in [-0.4, -0.2) is 47.4 Å². The summed E-state index contributed by atoms with van der Waals surface area (Å²) in [6, 6.07) is -0.558. The average molecular weight is 804 g/mol. The maximum Gasteiger partial charge on any atom is 0.305 e. The van der Waals surface area contributed by atoms with Crippen molar-refractivity contribution < 1.29 is 24.5 Å². The number of rotatable bonds is 46. The highest BCUT2D eigenvalue weighted by Gasteiger charge is 2.20. The Balaban J connectivity index is 3.46. The third-order valence-electron chi connectivity index (χ3n) is 11.5. The molecule has 0 aromatic carbocycles. The largest absolute Gasteiger partial charge is 0.466 e. The molecule has 336 valence electrons. The van der Waals surface area contributed by atoms with E-state index in [1.807, 2.05) is 0 Å². The predicted octanol–water partition coefficient (Wildman–Crippen LogP) is 14.7. The summed E-state index contributed by atoms with van der Waals surface area (Å²) in [6.07, 6.45) is 54.4. The van der Waals surface area contributed by atoms with Crippen molar-refractivity contribution in [1.82, 2.24) is 5.32 Å². The smallest absolute Gasteiger partial charge is 0.305 e. The third kappa shape index (κ3) is 43.7. The van der Waals surface area contributed by atoms with E-state index in [2.05, 4.69) is 43.5 Å². The van der Waals surface area contributed by atoms with Gasteiger partial charge < -0.3 is 20.3 Å². The first kappa shape index (κ1) is 55.3. The highest BCUT2D eigenvalue weighted by Crippen LogP contribution is 2.15. The van der Waals surface area contributed by atoms with Gasteiger partial charge in [0.05, 0.1) is 25.4 Å². The number of hydrogen-bond donors (Lipinski definition) is 3. The standard InChI is InChI=1S/C51H97NO5/c1-3-5-7-9-11-13-14-15-16-17-18-19-20-21-25-29-33-37-41-45-51(56)57-46-42-38-34-30-26-23-22-24-28-32-36-40-44-50(55)52-48(47-53)49(54)43-39-35-31-27-12-10-8-6-4-2/h15-16,23,26,48-49,53-54H,3-14,17-22,24-25,27-47H2,1-2H3,(H,52,55)/b16-15-,26-23-. The third-order valence-corrected chi connectivity index (χ3v) is 11.5. The van der Waals surface area contributed by atoms with Crippen molar-refractivity contribution in [2.75, 3.05) is 13.2 Å². The minimum absolute atomic E-state index is 0.0239. The van der Waals surface area contributed by atoms with Gasteiger partial charge in [-0.2, -0.15) is 0 Å². The SMILES string of the molecule is CCCCCCCC/C=C\CCCCCCCCCCCC(=O)OCCCCC/C=C\CCCCCCCC(=O)NC(CO)C(O)CCCCCCCCCCC. The van der Waals surface area contributed by atoms with E-state index in [1.165, 1.54) is 154 Å². The van der Waals surface area contributed by atoms with Crippen molar-refractivity contribution in [3.63, 3.8) is 0 Å². The summed E-state index contributed by atoms with van der Waals surface area (Å²) in [5.41, 5.74) is 0. The van der Waals surface area contributed by atoms with Gasteiger partial charge in [-0.15, -0.1) is 0 Å². The van der Waals surface area contributed by atoms with Crippen LogP contribution in [0.3, 0.4) is 0 Å². The van der Waals surface area contributed by atoms with Crippen LogP contribution in [-0.2, 0) is 14.3 Å². The van der Waals surface area contributed by atoms with Gasteiger partial charge in [-0.05, 0) is 83.5 Å². The highest BCUT2D eigenvalue weighted by atomic mass is 16.5. The second kappa shape index (κ2) is 47.0. The topological polar surface area (TPSA) is 95.9 Å². The molecule has 2 atom stereocenters. The van der Waals surface area contributed by atoms with Crippen LogP contribution in [0.25, 0.3) is 0 Å². The number of ether oxygens (including phenoxy) is 1. The molecule has 0 aromatic heterocycles. The fourth-order valence-corrected chi connectivity index (χ4v) is 7.57. The number of amides is 1. The lowest BCUT2D eigenvalue weighted by Crippen LogP contribution is -2.45. The van der Waals surface area contributed by atoms with Crippen molar-refractivity contribution in [2.24, 2.45) is 0 Å². The molecule has 6 heteroatoms. The second-order valence-electron chi connectivity index (χ2n) is 17.1. The summed E-state index contributed by atoms with van der Waals surface area (Å²) in [7, 11) is 0. The molecule has 0 saturated heterocycles. The van der Waals surface area contributed by atoms with E-state index >= 15 is 0 Å². The van der Waals surface area contributed by atoms with E-state index in [0.29, 0.717) is 25.9 Å². The Morgan fingerprint density at radius 3 is 1.25 bits per heavy atom. The molecule has 0 fully saturated rings. The van der Waals surface area contributed by atoms with Crippen LogP contribution in [0.5, 0.6) is 0 Å². The van der Waals surface area contributed by atoms with Crippen LogP contribution >= 0.6 is 0 Å². The molecule has 3 N–H and O–H groups in total. The number of aliphatic hydroxyl groups excluding tert-OH is 2. The first-order chi connectivity index (χ1) is 28.0. The monoisotopic (exact) mass is 804 g/mol. The zero-order chi connectivity index (χ0) is 41.5. The Morgan fingerprint density at radius 1 is 0.474 bits per heavy atom. The average Bonchev–Trinajstić information content (AvgIpc) is 3.21. The van der Waals surface area contributed by atoms with Gasteiger partial charge in [0.2, 0.25) is 5.91 Å². The summed E-state index contributed by atoms with van der Waals surface area (Å²) in [5, 5.41) is 23.0. The minimum Gasteiger partial charge on any atom is -0.466 e. The van der Waals surface area contributed by atoms with Crippen molar-refractivity contribution in [2.45, 2.75) is 276 Å². The predicted molar refractivity (Wildman–Crippen MR) is 246 cm³/mol. The molecule has 0 bridgehead atoms. The molecule has 57 heavy (non-hydrogen) atoms. The molecule has 0 aliphatic heterocycles. The summed E-state index contributed by atoms with van der Waals surface area (Å²) in [5.74, 6) is -0.0877. The Labute approximate surface area is 354 Å². The normalized spacial score (nSPS) is 12.8. The van der Waals surface area contributed by atoms with Crippen LogP contribution in [0.15, 0.2) is 24.3 Å². The quantitative estimate of drug-likeness (QED) is 0.0324. The van der Waals surface area contributed by atoms with Crippen LogP contribution < -0.4 is 5.32 Å². The Hall–Kier alpha value is -1.66. The number of carbonyl (C=O) groups excluding carboxylic acids is 2. The fourth-order valence-electron chi connectivity index (χ4n) is 7.57. The van der Waals surface area contributed by atoms with E-state index in [1.54, 1.807) is 0 Å². The number of aliphatic hydroxyl groups is 2. The fraction of sp³-hybridized carbons (Fsp3) is 0.882. The first-order valence-electron chi connectivity index (χ1n) is 25.1. The van der Waals surface area contributed by atoms with Crippen LogP contribution in [0.2, 0.25) is 0 Å². The van der Waals surface area contributed by atoms with E-state index < -0.39 is 12.1 Å². The van der Waals surface area contributed by atoms with Gasteiger partial charge in [-0.3, -0.25) is 9.59 Å². The van der Waals surface area contributed by atoms with Gasteiger partial charge in [0, 0.05) is 12.8 Å². The Kier molecular flexibility index (Phi) is 45.7. The van der Waals surface area contributed by atoms with Gasteiger partial charge in [0.25, 0.3) is 0 Å². The zero-order valence-electron chi connectivity index (χ0n) is 38.1. The van der Waals surface area contributed by atoms with E-state index in [4.69, 9.17) is 4.74 Å². The summed E-state index contributed by atoms with van der Waals surface area (Å²) in [6.45, 7) is 4.86. The number of unbranched alkanes of at least 4 members (excludes halogenated alkanes) is 31. The maximum absolute atomic E-state index is 12.4. The van der Waals surface area contributed by atoms with Crippen molar-refractivity contribution in [3.8, 4) is 0 Å². The lowest BCUT2D eigenvalue weighted by atomic mass is 10.0. The van der Waals surface area contributed by atoms with Crippen LogP contribution in [0.4, 0.5) is 0 Å². The highest BCUT2D eigenvalue weighted by molar-refractivity contribution is 5.76. The molecule has 0 aliphatic carbocycles. The van der Waals surface area contributed by atoms with Crippen LogP contribution in [0, 0.1) is 0 Å². The molecular formula is C51H97NO5. The van der Waals surface area contributed by atoms with Crippen molar-refractivity contribution in [1.29, 1.82) is 0 Å².